The van der Waals surface area contributed by atoms with Crippen LogP contribution in [0.3, 0.4) is 0 Å². The Bertz CT molecular complexity index is 470. The molecule has 2 saturated carbocycles. The van der Waals surface area contributed by atoms with Crippen molar-refractivity contribution in [3.8, 4) is 5.75 Å². The first-order chi connectivity index (χ1) is 8.19. The molecule has 0 radical (unpaired) electrons. The van der Waals surface area contributed by atoms with Crippen LogP contribution in [0.2, 0.25) is 0 Å². The second kappa shape index (κ2) is 3.05. The van der Waals surface area contributed by atoms with Gasteiger partial charge in [-0.2, -0.15) is 0 Å². The topological polar surface area (TPSA) is 29.5 Å². The average molecular weight is 230 g/mol. The molecule has 90 valence electrons. The second-order valence-corrected chi connectivity index (χ2v) is 5.92. The third-order valence-electron chi connectivity index (χ3n) is 4.90. The van der Waals surface area contributed by atoms with Crippen molar-refractivity contribution < 1.29 is 9.84 Å². The molecular formula is C15H18O2. The summed E-state index contributed by atoms with van der Waals surface area (Å²) in [6.45, 7) is 2.10. The molecule has 0 spiro atoms. The van der Waals surface area contributed by atoms with Crippen molar-refractivity contribution in [1.29, 1.82) is 0 Å². The number of aliphatic hydroxyl groups is 1. The molecule has 1 N–H and O–H groups in total. The molecule has 3 aliphatic rings. The zero-order valence-electron chi connectivity index (χ0n) is 10.1. The molecule has 0 aromatic heterocycles. The molecule has 1 aromatic rings. The van der Waals surface area contributed by atoms with Gasteiger partial charge >= 0.3 is 0 Å². The summed E-state index contributed by atoms with van der Waals surface area (Å²) in [4.78, 5) is 0. The summed E-state index contributed by atoms with van der Waals surface area (Å²) >= 11 is 0. The van der Waals surface area contributed by atoms with E-state index in [0.717, 1.165) is 17.7 Å². The highest BCUT2D eigenvalue weighted by atomic mass is 16.5. The highest BCUT2D eigenvalue weighted by molar-refractivity contribution is 5.45. The van der Waals surface area contributed by atoms with Crippen LogP contribution in [0.15, 0.2) is 18.2 Å². The monoisotopic (exact) mass is 230 g/mol. The van der Waals surface area contributed by atoms with Crippen molar-refractivity contribution in [3.05, 3.63) is 29.3 Å². The van der Waals surface area contributed by atoms with E-state index in [1.165, 1.54) is 24.8 Å². The molecule has 1 aromatic carbocycles. The molecule has 2 heteroatoms. The van der Waals surface area contributed by atoms with Crippen LogP contribution in [0, 0.1) is 11.8 Å². The maximum atomic E-state index is 10.7. The van der Waals surface area contributed by atoms with E-state index in [4.69, 9.17) is 4.74 Å². The Kier molecular flexibility index (Phi) is 1.79. The van der Waals surface area contributed by atoms with Gasteiger partial charge in [0, 0.05) is 6.42 Å². The van der Waals surface area contributed by atoms with Gasteiger partial charge in [-0.15, -0.1) is 0 Å². The highest BCUT2D eigenvalue weighted by Gasteiger charge is 2.66. The smallest absolute Gasteiger partial charge is 0.123 e. The van der Waals surface area contributed by atoms with Crippen molar-refractivity contribution in [2.75, 3.05) is 0 Å². The predicted octanol–water partition coefficient (Wildman–Crippen LogP) is 2.63. The van der Waals surface area contributed by atoms with Gasteiger partial charge in [-0.25, -0.2) is 0 Å². The molecule has 1 aliphatic heterocycles. The summed E-state index contributed by atoms with van der Waals surface area (Å²) in [5.41, 5.74) is 1.90. The molecule has 4 rings (SSSR count). The molecule has 3 atom stereocenters. The first-order valence-corrected chi connectivity index (χ1v) is 6.72. The molecule has 0 bridgehead atoms. The van der Waals surface area contributed by atoms with E-state index in [0.29, 0.717) is 11.8 Å². The van der Waals surface area contributed by atoms with Crippen molar-refractivity contribution in [2.24, 2.45) is 11.8 Å². The Morgan fingerprint density at radius 3 is 2.82 bits per heavy atom. The van der Waals surface area contributed by atoms with Crippen molar-refractivity contribution in [1.82, 2.24) is 0 Å². The maximum absolute atomic E-state index is 10.7. The summed E-state index contributed by atoms with van der Waals surface area (Å²) in [7, 11) is 0. The van der Waals surface area contributed by atoms with Gasteiger partial charge in [-0.1, -0.05) is 12.5 Å². The van der Waals surface area contributed by atoms with E-state index < -0.39 is 5.60 Å². The number of hydrogen-bond acceptors (Lipinski definition) is 2. The van der Waals surface area contributed by atoms with Crippen molar-refractivity contribution >= 4 is 0 Å². The predicted molar refractivity (Wildman–Crippen MR) is 65.0 cm³/mol. The quantitative estimate of drug-likeness (QED) is 0.803. The Morgan fingerprint density at radius 1 is 1.29 bits per heavy atom. The van der Waals surface area contributed by atoms with Gasteiger partial charge in [-0.05, 0) is 54.9 Å². The van der Waals surface area contributed by atoms with Crippen LogP contribution in [0.4, 0.5) is 0 Å². The maximum Gasteiger partial charge on any atom is 0.123 e. The first-order valence-electron chi connectivity index (χ1n) is 6.72. The van der Waals surface area contributed by atoms with Crippen molar-refractivity contribution in [2.45, 2.75) is 44.3 Å². The van der Waals surface area contributed by atoms with Crippen LogP contribution in [0.5, 0.6) is 5.75 Å². The SMILES string of the molecule is CC1Cc2cc(C3(O)C4CCCC43)ccc2O1. The number of benzene rings is 1. The lowest BCUT2D eigenvalue weighted by Crippen LogP contribution is -2.13. The molecular weight excluding hydrogens is 212 g/mol. The Labute approximate surface area is 102 Å². The molecule has 2 nitrogen and oxygen atoms in total. The highest BCUT2D eigenvalue weighted by Crippen LogP contribution is 2.66. The molecule has 1 heterocycles. The molecule has 0 amide bonds. The minimum Gasteiger partial charge on any atom is -0.490 e. The Balaban J connectivity index is 1.70. The Morgan fingerprint density at radius 2 is 2.06 bits per heavy atom. The van der Waals surface area contributed by atoms with Gasteiger partial charge in [0.15, 0.2) is 0 Å². The third-order valence-corrected chi connectivity index (χ3v) is 4.90. The standard InChI is InChI=1S/C15H18O2/c1-9-7-10-8-11(5-6-14(10)17-9)15(16)12-3-2-4-13(12)15/h5-6,8-9,12-13,16H,2-4,7H2,1H3. The lowest BCUT2D eigenvalue weighted by Gasteiger charge is -2.15. The van der Waals surface area contributed by atoms with Crippen LogP contribution in [-0.2, 0) is 12.0 Å². The summed E-state index contributed by atoms with van der Waals surface area (Å²) in [5.74, 6) is 2.07. The van der Waals surface area contributed by atoms with Gasteiger partial charge in [-0.3, -0.25) is 0 Å². The normalized spacial score (nSPS) is 41.9. The van der Waals surface area contributed by atoms with Crippen LogP contribution in [0.1, 0.15) is 37.3 Å². The second-order valence-electron chi connectivity index (χ2n) is 5.92. The summed E-state index contributed by atoms with van der Waals surface area (Å²) in [6, 6.07) is 6.28. The first kappa shape index (κ1) is 9.95. The Hall–Kier alpha value is -1.02. The summed E-state index contributed by atoms with van der Waals surface area (Å²) < 4.78 is 5.71. The van der Waals surface area contributed by atoms with E-state index in [1.54, 1.807) is 0 Å². The summed E-state index contributed by atoms with van der Waals surface area (Å²) in [5, 5.41) is 10.7. The number of ether oxygens (including phenoxy) is 1. The number of fused-ring (bicyclic) bond motifs is 2. The van der Waals surface area contributed by atoms with Gasteiger partial charge < -0.3 is 9.84 Å². The van der Waals surface area contributed by atoms with Crippen molar-refractivity contribution in [3.63, 3.8) is 0 Å². The van der Waals surface area contributed by atoms with Crippen LogP contribution in [0.25, 0.3) is 0 Å². The zero-order valence-corrected chi connectivity index (χ0v) is 10.1. The third kappa shape index (κ3) is 1.19. The van der Waals surface area contributed by atoms with E-state index in [9.17, 15) is 5.11 Å². The van der Waals surface area contributed by atoms with Gasteiger partial charge in [0.2, 0.25) is 0 Å². The fourth-order valence-electron chi connectivity index (χ4n) is 4.02. The number of hydrogen-bond donors (Lipinski definition) is 1. The van der Waals surface area contributed by atoms with E-state index in [1.807, 2.05) is 6.07 Å². The van der Waals surface area contributed by atoms with E-state index in [-0.39, 0.29) is 6.10 Å². The fourth-order valence-corrected chi connectivity index (χ4v) is 4.02. The minimum atomic E-state index is -0.501. The molecule has 2 aliphatic carbocycles. The lowest BCUT2D eigenvalue weighted by molar-refractivity contribution is 0.105. The largest absolute Gasteiger partial charge is 0.490 e. The van der Waals surface area contributed by atoms with Crippen LogP contribution < -0.4 is 4.74 Å². The molecule has 0 saturated heterocycles. The van der Waals surface area contributed by atoms with Gasteiger partial charge in [0.1, 0.15) is 11.9 Å². The molecule has 17 heavy (non-hydrogen) atoms. The summed E-state index contributed by atoms with van der Waals surface area (Å²) in [6.07, 6.45) is 4.96. The van der Waals surface area contributed by atoms with E-state index >= 15 is 0 Å². The molecule has 2 fully saturated rings. The van der Waals surface area contributed by atoms with Crippen LogP contribution >= 0.6 is 0 Å². The minimum absolute atomic E-state index is 0.286. The fraction of sp³-hybridized carbons (Fsp3) is 0.600. The van der Waals surface area contributed by atoms with E-state index in [2.05, 4.69) is 19.1 Å². The zero-order chi connectivity index (χ0) is 11.6. The lowest BCUT2D eigenvalue weighted by atomic mass is 9.96. The molecule has 3 unspecified atom stereocenters. The van der Waals surface area contributed by atoms with Gasteiger partial charge in [0.25, 0.3) is 0 Å². The number of rotatable bonds is 1. The van der Waals surface area contributed by atoms with Crippen LogP contribution in [-0.4, -0.2) is 11.2 Å². The average Bonchev–Trinajstić information content (AvgIpc) is 2.76. The van der Waals surface area contributed by atoms with Gasteiger partial charge in [0.05, 0.1) is 5.60 Å².